The fraction of sp³-hybridized carbons (Fsp3) is 0.320. The molecule has 2 aromatic carbocycles. The Kier molecular flexibility index (Phi) is 6.54. The molecule has 0 spiro atoms. The number of aromatic nitrogens is 1. The average molecular weight is 576 g/mol. The molecule has 2 amide bonds. The van der Waals surface area contributed by atoms with Crippen LogP contribution in [0.4, 0.5) is 5.69 Å². The van der Waals surface area contributed by atoms with Crippen LogP contribution in [0.2, 0.25) is 0 Å². The number of ether oxygens (including phenoxy) is 2. The van der Waals surface area contributed by atoms with Gasteiger partial charge in [0.1, 0.15) is 5.25 Å². The minimum atomic E-state index is -0.651. The van der Waals surface area contributed by atoms with E-state index in [1.807, 2.05) is 18.2 Å². The van der Waals surface area contributed by atoms with Crippen molar-refractivity contribution in [2.45, 2.75) is 30.0 Å². The van der Waals surface area contributed by atoms with Crippen molar-refractivity contribution < 1.29 is 19.1 Å². The molecule has 35 heavy (non-hydrogen) atoms. The molecule has 2 aliphatic rings. The molecule has 1 aromatic heterocycles. The Morgan fingerprint density at radius 1 is 1.06 bits per heavy atom. The van der Waals surface area contributed by atoms with Crippen molar-refractivity contribution >= 4 is 56.5 Å². The fourth-order valence-electron chi connectivity index (χ4n) is 4.47. The summed E-state index contributed by atoms with van der Waals surface area (Å²) in [5.74, 6) is -0.165. The van der Waals surface area contributed by atoms with Gasteiger partial charge in [0.25, 0.3) is 0 Å². The van der Waals surface area contributed by atoms with E-state index in [1.54, 1.807) is 31.4 Å². The molecule has 7 nitrogen and oxygen atoms in total. The van der Waals surface area contributed by atoms with Crippen molar-refractivity contribution in [1.82, 2.24) is 4.98 Å². The van der Waals surface area contributed by atoms with E-state index in [0.29, 0.717) is 34.7 Å². The minimum Gasteiger partial charge on any atom is -0.493 e. The second kappa shape index (κ2) is 9.48. The van der Waals surface area contributed by atoms with Crippen molar-refractivity contribution in [3.63, 3.8) is 0 Å². The van der Waals surface area contributed by atoms with Crippen LogP contribution in [-0.2, 0) is 9.59 Å². The first kappa shape index (κ1) is 24.1. The molecule has 3 atom stereocenters. The Balaban J connectivity index is 1.59. The number of nitrogens with zero attached hydrogens (tertiary/aromatic N) is 1. The molecular weight excluding hydrogens is 552 g/mol. The standard InChI is InChI=1S/C25H23BrN2O5S2/c1-12(2)11-33-16-9-4-13(10-17(16)32-3)18-19-21(34-22-20(18)35-25(31)27-22)24(30)28(23(19)29)15-7-5-14(26)6-8-15/h4-10,12,18-19,21H,11H2,1-3H3,(H,27,31)/t18-,19-,21+/m0/s1. The lowest BCUT2D eigenvalue weighted by molar-refractivity contribution is -0.122. The number of thioether (sulfide) groups is 1. The molecule has 0 aliphatic carbocycles. The highest BCUT2D eigenvalue weighted by molar-refractivity contribution is 9.10. The summed E-state index contributed by atoms with van der Waals surface area (Å²) in [6.07, 6.45) is 0. The number of amides is 2. The maximum absolute atomic E-state index is 13.8. The molecule has 1 fully saturated rings. The highest BCUT2D eigenvalue weighted by Gasteiger charge is 2.56. The van der Waals surface area contributed by atoms with E-state index in [-0.39, 0.29) is 16.7 Å². The number of H-pyrrole nitrogens is 1. The summed E-state index contributed by atoms with van der Waals surface area (Å²) in [7, 11) is 1.57. The quantitative estimate of drug-likeness (QED) is 0.415. The van der Waals surface area contributed by atoms with E-state index in [1.165, 1.54) is 16.7 Å². The van der Waals surface area contributed by atoms with E-state index in [2.05, 4.69) is 34.8 Å². The van der Waals surface area contributed by atoms with Crippen LogP contribution in [0, 0.1) is 11.8 Å². The van der Waals surface area contributed by atoms with E-state index in [0.717, 1.165) is 26.3 Å². The van der Waals surface area contributed by atoms with Crippen LogP contribution >= 0.6 is 39.0 Å². The SMILES string of the molecule is COc1cc([C@@H]2c3sc(=O)[nH]c3S[C@H]3C(=O)N(c4ccc(Br)cc4)C(=O)[C@@H]23)ccc1OCC(C)C. The number of methoxy groups -OCH3 is 1. The zero-order valence-corrected chi connectivity index (χ0v) is 22.5. The molecule has 0 saturated carbocycles. The molecule has 1 saturated heterocycles. The number of hydrogen-bond acceptors (Lipinski definition) is 7. The third-order valence-corrected chi connectivity index (χ3v) is 8.96. The molecule has 10 heteroatoms. The van der Waals surface area contributed by atoms with Crippen LogP contribution in [0.3, 0.4) is 0 Å². The lowest BCUT2D eigenvalue weighted by atomic mass is 9.83. The number of fused-ring (bicyclic) bond motifs is 2. The molecule has 0 radical (unpaired) electrons. The number of thiazole rings is 1. The summed E-state index contributed by atoms with van der Waals surface area (Å²) >= 11 is 5.74. The number of carbonyl (C=O) groups excluding carboxylic acids is 2. The van der Waals surface area contributed by atoms with E-state index in [4.69, 9.17) is 9.47 Å². The molecule has 182 valence electrons. The molecule has 0 bridgehead atoms. The van der Waals surface area contributed by atoms with Crippen molar-refractivity contribution in [2.24, 2.45) is 11.8 Å². The maximum atomic E-state index is 13.8. The van der Waals surface area contributed by atoms with E-state index in [9.17, 15) is 14.4 Å². The third kappa shape index (κ3) is 4.32. The number of rotatable bonds is 6. The number of benzene rings is 2. The number of nitrogens with one attached hydrogen (secondary N) is 1. The second-order valence-electron chi connectivity index (χ2n) is 8.85. The number of imide groups is 1. The van der Waals surface area contributed by atoms with Crippen molar-refractivity contribution in [3.05, 3.63) is 67.0 Å². The van der Waals surface area contributed by atoms with Crippen molar-refractivity contribution in [1.29, 1.82) is 0 Å². The molecule has 5 rings (SSSR count). The molecule has 2 aliphatic heterocycles. The lowest BCUT2D eigenvalue weighted by Gasteiger charge is -2.30. The second-order valence-corrected chi connectivity index (χ2v) is 11.9. The summed E-state index contributed by atoms with van der Waals surface area (Å²) in [5.41, 5.74) is 1.33. The maximum Gasteiger partial charge on any atom is 0.305 e. The van der Waals surface area contributed by atoms with Crippen LogP contribution in [0.25, 0.3) is 0 Å². The average Bonchev–Trinajstić information content (AvgIpc) is 3.32. The van der Waals surface area contributed by atoms with Gasteiger partial charge in [0.2, 0.25) is 11.8 Å². The van der Waals surface area contributed by atoms with Crippen molar-refractivity contribution in [3.8, 4) is 11.5 Å². The Hall–Kier alpha value is -2.56. The van der Waals surface area contributed by atoms with E-state index >= 15 is 0 Å². The molecular formula is C25H23BrN2O5S2. The minimum absolute atomic E-state index is 0.207. The predicted molar refractivity (Wildman–Crippen MR) is 140 cm³/mol. The van der Waals surface area contributed by atoms with Gasteiger partial charge < -0.3 is 14.5 Å². The Morgan fingerprint density at radius 3 is 2.49 bits per heavy atom. The van der Waals surface area contributed by atoms with Gasteiger partial charge >= 0.3 is 4.87 Å². The Labute approximate surface area is 219 Å². The van der Waals surface area contributed by atoms with Gasteiger partial charge in [-0.15, -0.1) is 0 Å². The van der Waals surface area contributed by atoms with Gasteiger partial charge in [0, 0.05) is 15.3 Å². The Morgan fingerprint density at radius 2 is 1.80 bits per heavy atom. The van der Waals surface area contributed by atoms with Crippen LogP contribution in [-0.4, -0.2) is 35.8 Å². The van der Waals surface area contributed by atoms with Gasteiger partial charge in [-0.2, -0.15) is 0 Å². The predicted octanol–water partition coefficient (Wildman–Crippen LogP) is 5.04. The molecule has 3 heterocycles. The van der Waals surface area contributed by atoms with Gasteiger partial charge in [-0.1, -0.05) is 58.9 Å². The van der Waals surface area contributed by atoms with Crippen LogP contribution < -0.4 is 19.2 Å². The number of carbonyl (C=O) groups is 2. The first-order chi connectivity index (χ1) is 16.8. The normalized spacial score (nSPS) is 21.3. The lowest BCUT2D eigenvalue weighted by Crippen LogP contribution is -2.32. The number of hydrogen-bond donors (Lipinski definition) is 1. The topological polar surface area (TPSA) is 88.7 Å². The van der Waals surface area contributed by atoms with Crippen LogP contribution in [0.1, 0.15) is 30.2 Å². The number of halogens is 1. The smallest absolute Gasteiger partial charge is 0.305 e. The summed E-state index contributed by atoms with van der Waals surface area (Å²) in [5, 5.41) is 0.000849. The highest BCUT2D eigenvalue weighted by atomic mass is 79.9. The molecule has 1 N–H and O–H groups in total. The first-order valence-electron chi connectivity index (χ1n) is 11.1. The van der Waals surface area contributed by atoms with Gasteiger partial charge in [0.05, 0.1) is 30.3 Å². The number of aromatic amines is 1. The summed E-state index contributed by atoms with van der Waals surface area (Å²) in [6.45, 7) is 4.67. The Bertz CT molecular complexity index is 1350. The van der Waals surface area contributed by atoms with Gasteiger partial charge in [-0.25, -0.2) is 4.90 Å². The zero-order valence-electron chi connectivity index (χ0n) is 19.2. The fourth-order valence-corrected chi connectivity index (χ4v) is 7.25. The van der Waals surface area contributed by atoms with Crippen molar-refractivity contribution in [2.75, 3.05) is 18.6 Å². The van der Waals surface area contributed by atoms with Gasteiger partial charge in [0.15, 0.2) is 11.5 Å². The largest absolute Gasteiger partial charge is 0.493 e. The summed E-state index contributed by atoms with van der Waals surface area (Å²) < 4.78 is 12.4. The first-order valence-corrected chi connectivity index (χ1v) is 13.6. The van der Waals surface area contributed by atoms with Crippen LogP contribution in [0.5, 0.6) is 11.5 Å². The monoisotopic (exact) mass is 574 g/mol. The zero-order chi connectivity index (χ0) is 24.9. The third-order valence-electron chi connectivity index (χ3n) is 6.03. The highest BCUT2D eigenvalue weighted by Crippen LogP contribution is 2.53. The number of anilines is 1. The van der Waals surface area contributed by atoms with Gasteiger partial charge in [-0.3, -0.25) is 14.4 Å². The summed E-state index contributed by atoms with van der Waals surface area (Å²) in [6, 6.07) is 12.7. The van der Waals surface area contributed by atoms with Gasteiger partial charge in [-0.05, 0) is 47.9 Å². The summed E-state index contributed by atoms with van der Waals surface area (Å²) in [4.78, 5) is 44.2. The molecule has 3 aromatic rings. The van der Waals surface area contributed by atoms with Crippen LogP contribution in [0.15, 0.2) is 56.8 Å². The molecule has 0 unspecified atom stereocenters. The van der Waals surface area contributed by atoms with E-state index < -0.39 is 17.1 Å².